The van der Waals surface area contributed by atoms with Crippen LogP contribution in [0.3, 0.4) is 0 Å². The Morgan fingerprint density at radius 3 is 2.95 bits per heavy atom. The number of carbonyl (C=O) groups is 1. The second-order valence-electron chi connectivity index (χ2n) is 4.53. The zero-order valence-electron chi connectivity index (χ0n) is 10.9. The van der Waals surface area contributed by atoms with Gasteiger partial charge in [-0.3, -0.25) is 4.79 Å². The Kier molecular flexibility index (Phi) is 4.31. The molecule has 1 aliphatic carbocycles. The van der Waals surface area contributed by atoms with Crippen LogP contribution in [0.2, 0.25) is 0 Å². The van der Waals surface area contributed by atoms with Gasteiger partial charge in [0.25, 0.3) is 5.91 Å². The van der Waals surface area contributed by atoms with Gasteiger partial charge in [-0.2, -0.15) is 0 Å². The summed E-state index contributed by atoms with van der Waals surface area (Å²) in [6.07, 6.45) is 2.96. The predicted octanol–water partition coefficient (Wildman–Crippen LogP) is 1.25. The average molecular weight is 267 g/mol. The van der Waals surface area contributed by atoms with Crippen LogP contribution in [-0.4, -0.2) is 46.6 Å². The van der Waals surface area contributed by atoms with Gasteiger partial charge in [-0.05, 0) is 25.8 Å². The topological polar surface area (TPSA) is 65.5 Å². The summed E-state index contributed by atoms with van der Waals surface area (Å²) in [5.74, 6) is -0.429. The molecule has 2 N–H and O–H groups in total. The highest BCUT2D eigenvalue weighted by Gasteiger charge is 2.33. The van der Waals surface area contributed by atoms with E-state index in [9.17, 15) is 9.18 Å². The maximum Gasteiger partial charge on any atom is 0.258 e. The number of halogens is 1. The normalized spacial score (nSPS) is 14.3. The molecule has 1 saturated carbocycles. The molecule has 104 valence electrons. The first kappa shape index (κ1) is 13.7. The molecule has 1 amide bonds. The van der Waals surface area contributed by atoms with Crippen molar-refractivity contribution < 1.29 is 14.3 Å². The maximum absolute atomic E-state index is 13.3. The number of pyridine rings is 1. The Balaban J connectivity index is 2.27. The SMILES string of the molecule is CCNc1ncc(F)cc1C(=O)N(CCO)C1CC1. The first-order valence-electron chi connectivity index (χ1n) is 6.48. The van der Waals surface area contributed by atoms with E-state index in [2.05, 4.69) is 10.3 Å². The van der Waals surface area contributed by atoms with Crippen molar-refractivity contribution in [2.24, 2.45) is 0 Å². The molecule has 2 rings (SSSR count). The number of aliphatic hydroxyl groups excluding tert-OH is 1. The first-order valence-corrected chi connectivity index (χ1v) is 6.48. The molecule has 19 heavy (non-hydrogen) atoms. The van der Waals surface area contributed by atoms with Crippen molar-refractivity contribution in [3.63, 3.8) is 0 Å². The monoisotopic (exact) mass is 267 g/mol. The maximum atomic E-state index is 13.3. The zero-order chi connectivity index (χ0) is 13.8. The van der Waals surface area contributed by atoms with Gasteiger partial charge in [0.2, 0.25) is 0 Å². The van der Waals surface area contributed by atoms with Crippen LogP contribution in [0.1, 0.15) is 30.1 Å². The lowest BCUT2D eigenvalue weighted by molar-refractivity contribution is 0.0707. The van der Waals surface area contributed by atoms with Gasteiger partial charge in [-0.15, -0.1) is 0 Å². The number of aromatic nitrogens is 1. The van der Waals surface area contributed by atoms with Crippen molar-refractivity contribution in [1.82, 2.24) is 9.88 Å². The molecular formula is C13H18FN3O2. The van der Waals surface area contributed by atoms with Gasteiger partial charge in [0.15, 0.2) is 0 Å². The van der Waals surface area contributed by atoms with Crippen LogP contribution in [0.4, 0.5) is 10.2 Å². The van der Waals surface area contributed by atoms with Gasteiger partial charge in [-0.25, -0.2) is 9.37 Å². The van der Waals surface area contributed by atoms with E-state index in [4.69, 9.17) is 5.11 Å². The molecule has 6 heteroatoms. The molecular weight excluding hydrogens is 249 g/mol. The number of rotatable bonds is 6. The lowest BCUT2D eigenvalue weighted by atomic mass is 10.2. The molecule has 0 aromatic carbocycles. The lowest BCUT2D eigenvalue weighted by Crippen LogP contribution is -2.36. The summed E-state index contributed by atoms with van der Waals surface area (Å²) in [4.78, 5) is 17.9. The molecule has 0 unspecified atom stereocenters. The molecule has 5 nitrogen and oxygen atoms in total. The minimum absolute atomic E-state index is 0.0957. The molecule has 0 spiro atoms. The molecule has 1 aromatic heterocycles. The highest BCUT2D eigenvalue weighted by Crippen LogP contribution is 2.29. The van der Waals surface area contributed by atoms with Crippen molar-refractivity contribution in [2.45, 2.75) is 25.8 Å². The standard InChI is InChI=1S/C13H18FN3O2/c1-2-15-12-11(7-9(14)8-16-12)13(19)17(5-6-18)10-3-4-10/h7-8,10,18H,2-6H2,1H3,(H,15,16). The molecule has 1 aromatic rings. The van der Waals surface area contributed by atoms with Crippen LogP contribution in [0, 0.1) is 5.82 Å². The number of carbonyl (C=O) groups excluding carboxylic acids is 1. The fourth-order valence-electron chi connectivity index (χ4n) is 2.01. The van der Waals surface area contributed by atoms with E-state index < -0.39 is 5.82 Å². The number of hydrogen-bond acceptors (Lipinski definition) is 4. The van der Waals surface area contributed by atoms with Gasteiger partial charge >= 0.3 is 0 Å². The molecule has 0 atom stereocenters. The van der Waals surface area contributed by atoms with E-state index in [1.807, 2.05) is 6.92 Å². The second-order valence-corrected chi connectivity index (χ2v) is 4.53. The van der Waals surface area contributed by atoms with Crippen LogP contribution in [0.5, 0.6) is 0 Å². The van der Waals surface area contributed by atoms with E-state index in [0.717, 1.165) is 19.0 Å². The first-order chi connectivity index (χ1) is 9.17. The summed E-state index contributed by atoms with van der Waals surface area (Å²) in [6, 6.07) is 1.36. The fourth-order valence-corrected chi connectivity index (χ4v) is 2.01. The molecule has 1 fully saturated rings. The molecule has 1 aliphatic rings. The van der Waals surface area contributed by atoms with Crippen LogP contribution in [0.15, 0.2) is 12.3 Å². The summed E-state index contributed by atoms with van der Waals surface area (Å²) >= 11 is 0. The average Bonchev–Trinajstić information content (AvgIpc) is 3.22. The van der Waals surface area contributed by atoms with Crippen LogP contribution >= 0.6 is 0 Å². The summed E-state index contributed by atoms with van der Waals surface area (Å²) in [5, 5.41) is 12.0. The lowest BCUT2D eigenvalue weighted by Gasteiger charge is -2.22. The molecule has 0 bridgehead atoms. The third-order valence-electron chi connectivity index (χ3n) is 3.02. The smallest absolute Gasteiger partial charge is 0.258 e. The van der Waals surface area contributed by atoms with Crippen molar-refractivity contribution in [2.75, 3.05) is 25.0 Å². The Bertz CT molecular complexity index is 463. The third-order valence-corrected chi connectivity index (χ3v) is 3.02. The molecule has 0 saturated heterocycles. The number of hydrogen-bond donors (Lipinski definition) is 2. The van der Waals surface area contributed by atoms with Crippen molar-refractivity contribution >= 4 is 11.7 Å². The van der Waals surface area contributed by atoms with E-state index in [1.165, 1.54) is 6.07 Å². The highest BCUT2D eigenvalue weighted by atomic mass is 19.1. The minimum atomic E-state index is -0.537. The molecule has 0 aliphatic heterocycles. The third kappa shape index (κ3) is 3.20. The largest absolute Gasteiger partial charge is 0.395 e. The van der Waals surface area contributed by atoms with E-state index >= 15 is 0 Å². The van der Waals surface area contributed by atoms with Gasteiger partial charge in [0.1, 0.15) is 11.6 Å². The molecule has 1 heterocycles. The van der Waals surface area contributed by atoms with Crippen molar-refractivity contribution in [1.29, 1.82) is 0 Å². The predicted molar refractivity (Wildman–Crippen MR) is 69.5 cm³/mol. The van der Waals surface area contributed by atoms with Gasteiger partial charge in [0, 0.05) is 19.1 Å². The van der Waals surface area contributed by atoms with Crippen LogP contribution in [-0.2, 0) is 0 Å². The van der Waals surface area contributed by atoms with E-state index in [-0.39, 0.29) is 30.7 Å². The van der Waals surface area contributed by atoms with Gasteiger partial charge in [-0.1, -0.05) is 0 Å². The van der Waals surface area contributed by atoms with Crippen molar-refractivity contribution in [3.05, 3.63) is 23.6 Å². The number of nitrogens with one attached hydrogen (secondary N) is 1. The van der Waals surface area contributed by atoms with Crippen molar-refractivity contribution in [3.8, 4) is 0 Å². The number of anilines is 1. The molecule has 0 radical (unpaired) electrons. The summed E-state index contributed by atoms with van der Waals surface area (Å²) in [7, 11) is 0. The number of amides is 1. The van der Waals surface area contributed by atoms with E-state index in [1.54, 1.807) is 4.90 Å². The number of aliphatic hydroxyl groups is 1. The summed E-state index contributed by atoms with van der Waals surface area (Å²) in [5.41, 5.74) is 0.224. The summed E-state index contributed by atoms with van der Waals surface area (Å²) < 4.78 is 13.3. The fraction of sp³-hybridized carbons (Fsp3) is 0.538. The van der Waals surface area contributed by atoms with Crippen LogP contribution < -0.4 is 5.32 Å². The minimum Gasteiger partial charge on any atom is -0.395 e. The van der Waals surface area contributed by atoms with Gasteiger partial charge in [0.05, 0.1) is 18.4 Å². The Labute approximate surface area is 111 Å². The Morgan fingerprint density at radius 2 is 2.37 bits per heavy atom. The van der Waals surface area contributed by atoms with Gasteiger partial charge < -0.3 is 15.3 Å². The van der Waals surface area contributed by atoms with E-state index in [0.29, 0.717) is 12.4 Å². The van der Waals surface area contributed by atoms with Crippen LogP contribution in [0.25, 0.3) is 0 Å². The summed E-state index contributed by atoms with van der Waals surface area (Å²) in [6.45, 7) is 2.65. The highest BCUT2D eigenvalue weighted by molar-refractivity contribution is 5.99. The second kappa shape index (κ2) is 5.97. The Hall–Kier alpha value is -1.69. The number of nitrogens with zero attached hydrogens (tertiary/aromatic N) is 2. The zero-order valence-corrected chi connectivity index (χ0v) is 10.9. The Morgan fingerprint density at radius 1 is 1.63 bits per heavy atom. The quantitative estimate of drug-likeness (QED) is 0.814.